The Morgan fingerprint density at radius 2 is 1.64 bits per heavy atom. The molecule has 4 N–H and O–H groups in total. The molecule has 0 saturated carbocycles. The van der Waals surface area contributed by atoms with Gasteiger partial charge in [-0.15, -0.1) is 6.58 Å². The Kier molecular flexibility index (Phi) is 15.2. The van der Waals surface area contributed by atoms with E-state index in [9.17, 15) is 32.4 Å². The van der Waals surface area contributed by atoms with Gasteiger partial charge in [0.25, 0.3) is 5.91 Å². The number of nitrogens with zero attached hydrogens (tertiary/aromatic N) is 2. The van der Waals surface area contributed by atoms with Crippen molar-refractivity contribution in [2.75, 3.05) is 32.9 Å². The number of urea groups is 1. The van der Waals surface area contributed by atoms with E-state index in [0.717, 1.165) is 10.6 Å². The van der Waals surface area contributed by atoms with Crippen molar-refractivity contribution in [2.45, 2.75) is 98.8 Å². The fraction of sp³-hybridized carbons (Fsp3) is 0.774. The van der Waals surface area contributed by atoms with E-state index in [-0.39, 0.29) is 43.8 Å². The highest BCUT2D eigenvalue weighted by Gasteiger charge is 2.47. The van der Waals surface area contributed by atoms with Gasteiger partial charge < -0.3 is 26.2 Å². The van der Waals surface area contributed by atoms with Crippen LogP contribution < -0.4 is 21.3 Å². The second-order valence-corrected chi connectivity index (χ2v) is 15.8. The summed E-state index contributed by atoms with van der Waals surface area (Å²) >= 11 is 0. The van der Waals surface area contributed by atoms with E-state index in [4.69, 9.17) is 0 Å². The topological polar surface area (TPSA) is 174 Å². The lowest BCUT2D eigenvalue weighted by atomic mass is 9.84. The molecule has 0 bridgehead atoms. The third kappa shape index (κ3) is 11.7. The van der Waals surface area contributed by atoms with Crippen LogP contribution in [0, 0.1) is 23.2 Å². The standard InChI is InChI=1S/C31H56N6O7S/c1-12-14-22(25(38)28(40)32-16-13-2)33-27(39)24-21(19(3)4)15-17-37(24)29(41)26(31(7,8)9)35-30(42)34-23(20(5)6)18-36(10)45(11,43)44/h13,19-24,26H,2,12,14-18H2,1,3-11H3,(H,32,40)(H,33,39)(H2,34,35,42)/t21-,22?,23-,24+,26-/m1/s1. The SMILES string of the molecule is C=CCNC(=O)C(=O)C(CCC)NC(=O)[C@@H]1[C@@H](C(C)C)CCN1C(=O)[C@@H](NC(=O)N[C@H](CN(C)S(C)(=O)=O)C(C)C)C(C)(C)C. The fourth-order valence-corrected chi connectivity index (χ4v) is 5.74. The first kappa shape index (κ1) is 40.0. The van der Waals surface area contributed by atoms with E-state index < -0.39 is 69.1 Å². The van der Waals surface area contributed by atoms with Gasteiger partial charge in [0.05, 0.1) is 12.3 Å². The Morgan fingerprint density at radius 1 is 1.04 bits per heavy atom. The number of ketones is 1. The van der Waals surface area contributed by atoms with Crippen molar-refractivity contribution >= 4 is 39.6 Å². The summed E-state index contributed by atoms with van der Waals surface area (Å²) in [5, 5.41) is 10.8. The van der Waals surface area contributed by atoms with Gasteiger partial charge in [-0.3, -0.25) is 19.2 Å². The zero-order chi connectivity index (χ0) is 34.9. The van der Waals surface area contributed by atoms with E-state index in [2.05, 4.69) is 27.8 Å². The Hall–Kier alpha value is -3.00. The lowest BCUT2D eigenvalue weighted by molar-refractivity contribution is -0.144. The van der Waals surface area contributed by atoms with Gasteiger partial charge in [0.1, 0.15) is 12.1 Å². The maximum absolute atomic E-state index is 14.2. The molecule has 0 spiro atoms. The highest BCUT2D eigenvalue weighted by molar-refractivity contribution is 7.88. The maximum Gasteiger partial charge on any atom is 0.315 e. The van der Waals surface area contributed by atoms with Gasteiger partial charge in [0.2, 0.25) is 27.6 Å². The molecule has 1 heterocycles. The highest BCUT2D eigenvalue weighted by Crippen LogP contribution is 2.33. The average molecular weight is 657 g/mol. The molecular formula is C31H56N6O7S. The van der Waals surface area contributed by atoms with Gasteiger partial charge >= 0.3 is 6.03 Å². The van der Waals surface area contributed by atoms with E-state index in [1.54, 1.807) is 20.8 Å². The van der Waals surface area contributed by atoms with Crippen molar-refractivity contribution in [3.8, 4) is 0 Å². The number of carbonyl (C=O) groups is 5. The van der Waals surface area contributed by atoms with E-state index in [1.165, 1.54) is 18.0 Å². The number of nitrogens with one attached hydrogen (secondary N) is 4. The Labute approximate surface area is 269 Å². The molecule has 0 aromatic rings. The number of hydrogen-bond acceptors (Lipinski definition) is 7. The summed E-state index contributed by atoms with van der Waals surface area (Å²) in [4.78, 5) is 68.1. The van der Waals surface area contributed by atoms with Crippen molar-refractivity contribution in [2.24, 2.45) is 23.2 Å². The molecule has 1 unspecified atom stereocenters. The lowest BCUT2D eigenvalue weighted by Gasteiger charge is -2.37. The van der Waals surface area contributed by atoms with Crippen LogP contribution in [0.5, 0.6) is 0 Å². The first-order chi connectivity index (χ1) is 20.7. The van der Waals surface area contributed by atoms with Crippen LogP contribution in [-0.2, 0) is 29.2 Å². The van der Waals surface area contributed by atoms with E-state index in [0.29, 0.717) is 12.8 Å². The van der Waals surface area contributed by atoms with Crippen LogP contribution >= 0.6 is 0 Å². The van der Waals surface area contributed by atoms with Crippen molar-refractivity contribution in [3.63, 3.8) is 0 Å². The Balaban J connectivity index is 3.30. The second kappa shape index (κ2) is 17.1. The molecule has 0 radical (unpaired) electrons. The molecular weight excluding hydrogens is 600 g/mol. The lowest BCUT2D eigenvalue weighted by Crippen LogP contribution is -2.62. The summed E-state index contributed by atoms with van der Waals surface area (Å²) < 4.78 is 25.1. The summed E-state index contributed by atoms with van der Waals surface area (Å²) in [7, 11) is -2.04. The summed E-state index contributed by atoms with van der Waals surface area (Å²) in [5.74, 6) is -2.86. The number of amides is 5. The van der Waals surface area contributed by atoms with Crippen LogP contribution in [0.1, 0.15) is 74.7 Å². The zero-order valence-electron chi connectivity index (χ0n) is 28.7. The smallest absolute Gasteiger partial charge is 0.315 e. The number of likely N-dealkylation sites (tertiary alicyclic amines) is 1. The fourth-order valence-electron chi connectivity index (χ4n) is 5.31. The number of rotatable bonds is 16. The van der Waals surface area contributed by atoms with Gasteiger partial charge in [-0.25, -0.2) is 17.5 Å². The van der Waals surface area contributed by atoms with Gasteiger partial charge in [0.15, 0.2) is 0 Å². The molecule has 45 heavy (non-hydrogen) atoms. The van der Waals surface area contributed by atoms with Gasteiger partial charge in [-0.2, -0.15) is 0 Å². The molecule has 1 aliphatic rings. The molecule has 0 aromatic carbocycles. The predicted molar refractivity (Wildman–Crippen MR) is 175 cm³/mol. The normalized spacial score (nSPS) is 19.2. The number of likely N-dealkylation sites (N-methyl/N-ethyl adjacent to an activating group) is 1. The summed E-state index contributed by atoms with van der Waals surface area (Å²) in [5.41, 5.74) is -0.758. The van der Waals surface area contributed by atoms with Crippen molar-refractivity contribution in [1.82, 2.24) is 30.5 Å². The largest absolute Gasteiger partial charge is 0.346 e. The molecule has 13 nitrogen and oxygen atoms in total. The number of hydrogen-bond donors (Lipinski definition) is 4. The van der Waals surface area contributed by atoms with Crippen molar-refractivity contribution < 1.29 is 32.4 Å². The average Bonchev–Trinajstić information content (AvgIpc) is 3.38. The van der Waals surface area contributed by atoms with Crippen LogP contribution in [0.2, 0.25) is 0 Å². The van der Waals surface area contributed by atoms with Crippen LogP contribution in [0.4, 0.5) is 4.79 Å². The Bertz CT molecular complexity index is 1180. The van der Waals surface area contributed by atoms with Gasteiger partial charge in [-0.1, -0.05) is 67.9 Å². The minimum absolute atomic E-state index is 0.0257. The number of carbonyl (C=O) groups excluding carboxylic acids is 5. The minimum atomic E-state index is -3.48. The summed E-state index contributed by atoms with van der Waals surface area (Å²) in [6, 6.07) is -4.17. The monoisotopic (exact) mass is 656 g/mol. The molecule has 0 aliphatic carbocycles. The van der Waals surface area contributed by atoms with E-state index >= 15 is 0 Å². The quantitative estimate of drug-likeness (QED) is 0.144. The van der Waals surface area contributed by atoms with Gasteiger partial charge in [-0.05, 0) is 36.0 Å². The number of Topliss-reactive ketones (excluding diaryl/α,β-unsaturated/α-hetero) is 1. The first-order valence-electron chi connectivity index (χ1n) is 15.7. The molecule has 5 atom stereocenters. The Morgan fingerprint density at radius 3 is 2.11 bits per heavy atom. The summed E-state index contributed by atoms with van der Waals surface area (Å²) in [6.07, 6.45) is 3.87. The molecule has 1 saturated heterocycles. The maximum atomic E-state index is 14.2. The van der Waals surface area contributed by atoms with Crippen molar-refractivity contribution in [1.29, 1.82) is 0 Å². The van der Waals surface area contributed by atoms with Crippen LogP contribution in [0.25, 0.3) is 0 Å². The highest BCUT2D eigenvalue weighted by atomic mass is 32.2. The molecule has 258 valence electrons. The third-order valence-electron chi connectivity index (χ3n) is 8.22. The molecule has 1 rings (SSSR count). The van der Waals surface area contributed by atoms with Crippen LogP contribution in [0.15, 0.2) is 12.7 Å². The third-order valence-corrected chi connectivity index (χ3v) is 9.50. The van der Waals surface area contributed by atoms with E-state index in [1.807, 2.05) is 34.6 Å². The molecule has 1 aliphatic heterocycles. The molecule has 5 amide bonds. The molecule has 14 heteroatoms. The zero-order valence-corrected chi connectivity index (χ0v) is 29.5. The van der Waals surface area contributed by atoms with Crippen LogP contribution in [0.3, 0.4) is 0 Å². The van der Waals surface area contributed by atoms with Crippen LogP contribution in [-0.4, -0.2) is 104 Å². The molecule has 1 fully saturated rings. The number of sulfonamides is 1. The predicted octanol–water partition coefficient (Wildman–Crippen LogP) is 1.65. The minimum Gasteiger partial charge on any atom is -0.346 e. The summed E-state index contributed by atoms with van der Waals surface area (Å²) in [6.45, 7) is 18.8. The van der Waals surface area contributed by atoms with Gasteiger partial charge in [0, 0.05) is 32.7 Å². The van der Waals surface area contributed by atoms with Crippen molar-refractivity contribution in [3.05, 3.63) is 12.7 Å². The molecule has 0 aromatic heterocycles. The second-order valence-electron chi connectivity index (χ2n) is 13.7. The first-order valence-corrected chi connectivity index (χ1v) is 17.5.